The number of rotatable bonds is 1. The molecule has 0 spiro atoms. The zero-order valence-electron chi connectivity index (χ0n) is 5.53. The summed E-state index contributed by atoms with van der Waals surface area (Å²) in [5.74, 6) is 2.77. The molecule has 0 aliphatic heterocycles. The summed E-state index contributed by atoms with van der Waals surface area (Å²) >= 11 is 0. The summed E-state index contributed by atoms with van der Waals surface area (Å²) < 4.78 is 4.68. The lowest BCUT2D eigenvalue weighted by atomic mass is 10.2. The van der Waals surface area contributed by atoms with Crippen molar-refractivity contribution in [3.05, 3.63) is 17.5 Å². The fourth-order valence-corrected chi connectivity index (χ4v) is 0.600. The number of aliphatic hydroxyl groups excluding tert-OH is 1. The van der Waals surface area contributed by atoms with Crippen LogP contribution in [-0.4, -0.2) is 10.3 Å². The summed E-state index contributed by atoms with van der Waals surface area (Å²) in [7, 11) is 0. The highest BCUT2D eigenvalue weighted by atomic mass is 16.5. The number of hydrogen-bond acceptors (Lipinski definition) is 3. The van der Waals surface area contributed by atoms with Crippen molar-refractivity contribution in [1.29, 1.82) is 0 Å². The van der Waals surface area contributed by atoms with Gasteiger partial charge in [-0.3, -0.25) is 0 Å². The van der Waals surface area contributed by atoms with Crippen LogP contribution in [0.2, 0.25) is 0 Å². The molecule has 1 rings (SSSR count). The van der Waals surface area contributed by atoms with E-state index in [0.29, 0.717) is 11.5 Å². The highest BCUT2D eigenvalue weighted by molar-refractivity contribution is 5.14. The number of aryl methyl sites for hydroxylation is 1. The van der Waals surface area contributed by atoms with Crippen LogP contribution in [0.25, 0.3) is 0 Å². The van der Waals surface area contributed by atoms with Gasteiger partial charge in [0.1, 0.15) is 11.5 Å². The molecule has 0 aliphatic carbocycles. The molecule has 1 N–H and O–H groups in total. The van der Waals surface area contributed by atoms with Crippen LogP contribution >= 0.6 is 0 Å². The first kappa shape index (κ1) is 6.84. The zero-order chi connectivity index (χ0) is 7.56. The predicted octanol–water partition coefficient (Wildman–Crippen LogP) is 0.650. The molecule has 1 atom stereocenters. The molecular weight excluding hydrogens is 130 g/mol. The second-order valence-electron chi connectivity index (χ2n) is 1.93. The first-order valence-electron chi connectivity index (χ1n) is 2.81. The van der Waals surface area contributed by atoms with Gasteiger partial charge in [0.2, 0.25) is 0 Å². The van der Waals surface area contributed by atoms with E-state index < -0.39 is 6.10 Å². The Morgan fingerprint density at radius 1 is 1.90 bits per heavy atom. The number of hydrogen-bond donors (Lipinski definition) is 1. The summed E-state index contributed by atoms with van der Waals surface area (Å²) in [4.78, 5) is 0. The molecule has 0 fully saturated rings. The monoisotopic (exact) mass is 137 g/mol. The standard InChI is InChI=1S/C7H7NO2/c1-3-7(9)6-4-5(2)10-8-6/h1,4,7,9H,2H3/t7-/m0/s1. The van der Waals surface area contributed by atoms with Gasteiger partial charge in [0, 0.05) is 6.07 Å². The SMILES string of the molecule is C#C[C@H](O)c1cc(C)on1. The summed E-state index contributed by atoms with van der Waals surface area (Å²) in [6, 6.07) is 1.60. The predicted molar refractivity (Wildman–Crippen MR) is 35.0 cm³/mol. The van der Waals surface area contributed by atoms with Gasteiger partial charge in [-0.2, -0.15) is 0 Å². The highest BCUT2D eigenvalue weighted by Gasteiger charge is 2.07. The molecule has 0 saturated heterocycles. The second kappa shape index (κ2) is 2.54. The molecule has 0 unspecified atom stereocenters. The summed E-state index contributed by atoms with van der Waals surface area (Å²) in [6.07, 6.45) is 3.98. The van der Waals surface area contributed by atoms with Gasteiger partial charge in [0.15, 0.2) is 6.10 Å². The molecule has 10 heavy (non-hydrogen) atoms. The van der Waals surface area contributed by atoms with Crippen molar-refractivity contribution in [1.82, 2.24) is 5.16 Å². The van der Waals surface area contributed by atoms with Gasteiger partial charge in [-0.1, -0.05) is 11.1 Å². The lowest BCUT2D eigenvalue weighted by Crippen LogP contribution is -1.91. The summed E-state index contributed by atoms with van der Waals surface area (Å²) in [5.41, 5.74) is 0.389. The molecule has 0 saturated carbocycles. The molecule has 3 nitrogen and oxygen atoms in total. The maximum absolute atomic E-state index is 8.98. The molecule has 1 heterocycles. The molecule has 0 aromatic carbocycles. The van der Waals surface area contributed by atoms with E-state index in [1.165, 1.54) is 0 Å². The van der Waals surface area contributed by atoms with Crippen LogP contribution in [0, 0.1) is 19.3 Å². The normalized spacial score (nSPS) is 12.5. The minimum atomic E-state index is -0.947. The average molecular weight is 137 g/mol. The van der Waals surface area contributed by atoms with Gasteiger partial charge >= 0.3 is 0 Å². The first-order valence-corrected chi connectivity index (χ1v) is 2.81. The zero-order valence-corrected chi connectivity index (χ0v) is 5.53. The van der Waals surface area contributed by atoms with Crippen LogP contribution in [-0.2, 0) is 0 Å². The van der Waals surface area contributed by atoms with Gasteiger partial charge in [-0.25, -0.2) is 0 Å². The van der Waals surface area contributed by atoms with Crippen molar-refractivity contribution in [3.8, 4) is 12.3 Å². The van der Waals surface area contributed by atoms with Crippen LogP contribution in [0.1, 0.15) is 17.6 Å². The van der Waals surface area contributed by atoms with E-state index in [0.717, 1.165) is 0 Å². The molecular formula is C7H7NO2. The fourth-order valence-electron chi connectivity index (χ4n) is 0.600. The van der Waals surface area contributed by atoms with Gasteiger partial charge < -0.3 is 9.63 Å². The number of terminal acetylenes is 1. The Morgan fingerprint density at radius 3 is 3.00 bits per heavy atom. The van der Waals surface area contributed by atoms with Crippen molar-refractivity contribution in [2.45, 2.75) is 13.0 Å². The number of aromatic nitrogens is 1. The summed E-state index contributed by atoms with van der Waals surface area (Å²) in [6.45, 7) is 1.74. The topological polar surface area (TPSA) is 46.3 Å². The van der Waals surface area contributed by atoms with Crippen LogP contribution < -0.4 is 0 Å². The van der Waals surface area contributed by atoms with Crippen LogP contribution in [0.3, 0.4) is 0 Å². The molecule has 0 amide bonds. The largest absolute Gasteiger partial charge is 0.374 e. The van der Waals surface area contributed by atoms with E-state index in [-0.39, 0.29) is 0 Å². The molecule has 0 aliphatic rings. The van der Waals surface area contributed by atoms with E-state index in [1.54, 1.807) is 13.0 Å². The Balaban J connectivity index is 2.87. The summed E-state index contributed by atoms with van der Waals surface area (Å²) in [5, 5.41) is 12.5. The van der Waals surface area contributed by atoms with E-state index >= 15 is 0 Å². The second-order valence-corrected chi connectivity index (χ2v) is 1.93. The lowest BCUT2D eigenvalue weighted by molar-refractivity contribution is 0.225. The quantitative estimate of drug-likeness (QED) is 0.578. The van der Waals surface area contributed by atoms with Gasteiger partial charge in [0.05, 0.1) is 0 Å². The van der Waals surface area contributed by atoms with E-state index in [9.17, 15) is 0 Å². The third-order valence-electron chi connectivity index (χ3n) is 1.08. The van der Waals surface area contributed by atoms with Gasteiger partial charge in [-0.05, 0) is 6.92 Å². The fraction of sp³-hybridized carbons (Fsp3) is 0.286. The molecule has 0 radical (unpaired) electrons. The average Bonchev–Trinajstić information content (AvgIpc) is 2.34. The van der Waals surface area contributed by atoms with Gasteiger partial charge in [0.25, 0.3) is 0 Å². The maximum atomic E-state index is 8.98. The Bertz CT molecular complexity index is 259. The first-order chi connectivity index (χ1) is 4.74. The smallest absolute Gasteiger partial charge is 0.160 e. The number of nitrogens with zero attached hydrogens (tertiary/aromatic N) is 1. The lowest BCUT2D eigenvalue weighted by Gasteiger charge is -1.92. The third kappa shape index (κ3) is 1.17. The van der Waals surface area contributed by atoms with Gasteiger partial charge in [-0.15, -0.1) is 6.42 Å². The number of aliphatic hydroxyl groups is 1. The van der Waals surface area contributed by atoms with Crippen molar-refractivity contribution in [2.75, 3.05) is 0 Å². The van der Waals surface area contributed by atoms with Crippen molar-refractivity contribution in [2.24, 2.45) is 0 Å². The Labute approximate surface area is 58.6 Å². The highest BCUT2D eigenvalue weighted by Crippen LogP contribution is 2.10. The van der Waals surface area contributed by atoms with Crippen molar-refractivity contribution in [3.63, 3.8) is 0 Å². The molecule has 3 heteroatoms. The van der Waals surface area contributed by atoms with E-state index in [4.69, 9.17) is 11.5 Å². The van der Waals surface area contributed by atoms with Crippen LogP contribution in [0.5, 0.6) is 0 Å². The minimum absolute atomic E-state index is 0.389. The van der Waals surface area contributed by atoms with Crippen LogP contribution in [0.15, 0.2) is 10.6 Å². The molecule has 1 aromatic rings. The Kier molecular flexibility index (Phi) is 1.74. The molecule has 0 bridgehead atoms. The Hall–Kier alpha value is -1.27. The third-order valence-corrected chi connectivity index (χ3v) is 1.08. The maximum Gasteiger partial charge on any atom is 0.160 e. The van der Waals surface area contributed by atoms with Crippen molar-refractivity contribution >= 4 is 0 Å². The van der Waals surface area contributed by atoms with E-state index in [2.05, 4.69) is 15.6 Å². The van der Waals surface area contributed by atoms with E-state index in [1.807, 2.05) is 0 Å². The molecule has 1 aromatic heterocycles. The molecule has 52 valence electrons. The van der Waals surface area contributed by atoms with Crippen LogP contribution in [0.4, 0.5) is 0 Å². The Morgan fingerprint density at radius 2 is 2.60 bits per heavy atom. The van der Waals surface area contributed by atoms with Crippen molar-refractivity contribution < 1.29 is 9.63 Å². The minimum Gasteiger partial charge on any atom is -0.374 e.